The second-order valence-corrected chi connectivity index (χ2v) is 8.77. The molecule has 0 aliphatic heterocycles. The number of carbonyl (C=O) groups is 3. The molecule has 3 N–H and O–H groups in total. The number of nitrogens with zero attached hydrogens (tertiary/aromatic N) is 1. The van der Waals surface area contributed by atoms with E-state index >= 15 is 0 Å². The van der Waals surface area contributed by atoms with Gasteiger partial charge in [-0.15, -0.1) is 5.10 Å². The molecule has 0 radical (unpaired) electrons. The average molecular weight is 445 g/mol. The standard InChI is InChI=1S/C22H28N4O4S/c1-14(2)13-16(17(27)19-25-26-21(31)30-19)23-20(29)22(11-7-4-8-12-22)24-18(28)15-9-5-3-6-10-15/h3,5-6,9-10,14,16H,4,7-8,11-13H2,1-2H3,(H,23,29)(H,24,28)(H,26,31)/t16-/m0/s1. The van der Waals surface area contributed by atoms with Crippen molar-refractivity contribution in [2.24, 2.45) is 5.92 Å². The van der Waals surface area contributed by atoms with E-state index in [9.17, 15) is 14.4 Å². The molecule has 8 nitrogen and oxygen atoms in total. The molecule has 31 heavy (non-hydrogen) atoms. The summed E-state index contributed by atoms with van der Waals surface area (Å²) >= 11 is 4.86. The van der Waals surface area contributed by atoms with Gasteiger partial charge in [0.05, 0.1) is 6.04 Å². The van der Waals surface area contributed by atoms with E-state index in [0.717, 1.165) is 19.3 Å². The molecule has 9 heteroatoms. The van der Waals surface area contributed by atoms with Gasteiger partial charge in [-0.05, 0) is 49.5 Å². The second kappa shape index (κ2) is 10.00. The van der Waals surface area contributed by atoms with Gasteiger partial charge in [-0.3, -0.25) is 14.4 Å². The fourth-order valence-electron chi connectivity index (χ4n) is 3.93. The number of H-pyrrole nitrogens is 1. The topological polar surface area (TPSA) is 117 Å². The van der Waals surface area contributed by atoms with E-state index in [0.29, 0.717) is 24.8 Å². The van der Waals surface area contributed by atoms with Crippen LogP contribution in [0.3, 0.4) is 0 Å². The van der Waals surface area contributed by atoms with Crippen molar-refractivity contribution in [1.29, 1.82) is 0 Å². The summed E-state index contributed by atoms with van der Waals surface area (Å²) in [5, 5.41) is 12.1. The van der Waals surface area contributed by atoms with Crippen LogP contribution in [0.25, 0.3) is 0 Å². The molecule has 0 unspecified atom stereocenters. The highest BCUT2D eigenvalue weighted by molar-refractivity contribution is 7.71. The number of hydrogen-bond donors (Lipinski definition) is 3. The second-order valence-electron chi connectivity index (χ2n) is 8.40. The van der Waals surface area contributed by atoms with Crippen LogP contribution in [-0.4, -0.2) is 39.4 Å². The SMILES string of the molecule is CC(C)C[C@H](NC(=O)C1(NC(=O)c2ccccc2)CCCCC1)C(=O)c1n[nH]c(=S)o1. The molecule has 0 saturated heterocycles. The molecule has 2 amide bonds. The third-order valence-corrected chi connectivity index (χ3v) is 5.68. The van der Waals surface area contributed by atoms with Crippen molar-refractivity contribution in [1.82, 2.24) is 20.8 Å². The molecular weight excluding hydrogens is 416 g/mol. The van der Waals surface area contributed by atoms with E-state index < -0.39 is 17.4 Å². The lowest BCUT2D eigenvalue weighted by Gasteiger charge is -2.37. The Morgan fingerprint density at radius 2 is 1.84 bits per heavy atom. The Hall–Kier alpha value is -2.81. The molecular formula is C22H28N4O4S. The summed E-state index contributed by atoms with van der Waals surface area (Å²) in [4.78, 5) is 39.2. The van der Waals surface area contributed by atoms with E-state index in [4.69, 9.17) is 16.6 Å². The Balaban J connectivity index is 1.82. The van der Waals surface area contributed by atoms with Crippen LogP contribution in [0.2, 0.25) is 0 Å². The lowest BCUT2D eigenvalue weighted by Crippen LogP contribution is -2.62. The van der Waals surface area contributed by atoms with Gasteiger partial charge in [0.1, 0.15) is 5.54 Å². The number of ketones is 1. The van der Waals surface area contributed by atoms with Crippen LogP contribution in [-0.2, 0) is 4.79 Å². The number of carbonyl (C=O) groups excluding carboxylic acids is 3. The number of hydrogen-bond acceptors (Lipinski definition) is 6. The zero-order chi connectivity index (χ0) is 22.4. The van der Waals surface area contributed by atoms with Gasteiger partial charge in [0, 0.05) is 5.56 Å². The van der Waals surface area contributed by atoms with Crippen molar-refractivity contribution in [3.63, 3.8) is 0 Å². The normalized spacial score (nSPS) is 16.5. The summed E-state index contributed by atoms with van der Waals surface area (Å²) in [6, 6.07) is 7.97. The Kier molecular flexibility index (Phi) is 7.37. The Bertz CT molecular complexity index is 977. The van der Waals surface area contributed by atoms with Crippen LogP contribution in [0.15, 0.2) is 34.7 Å². The largest absolute Gasteiger partial charge is 0.406 e. The summed E-state index contributed by atoms with van der Waals surface area (Å²) < 4.78 is 5.16. The minimum Gasteiger partial charge on any atom is -0.406 e. The molecule has 1 atom stereocenters. The van der Waals surface area contributed by atoms with Gasteiger partial charge < -0.3 is 15.1 Å². The Labute approximate surface area is 186 Å². The van der Waals surface area contributed by atoms with Crippen LogP contribution in [0.1, 0.15) is 73.4 Å². The number of amides is 2. The number of Topliss-reactive ketones (excluding diaryl/α,β-unsaturated/α-hetero) is 1. The predicted molar refractivity (Wildman–Crippen MR) is 117 cm³/mol. The average Bonchev–Trinajstić information content (AvgIpc) is 3.20. The molecule has 1 aromatic carbocycles. The fraction of sp³-hybridized carbons (Fsp3) is 0.500. The first-order valence-electron chi connectivity index (χ1n) is 10.6. The lowest BCUT2D eigenvalue weighted by molar-refractivity contribution is -0.129. The molecule has 2 aromatic rings. The molecule has 1 aromatic heterocycles. The maximum absolute atomic E-state index is 13.5. The van der Waals surface area contributed by atoms with Crippen LogP contribution in [0.5, 0.6) is 0 Å². The lowest BCUT2D eigenvalue weighted by atomic mass is 9.80. The first kappa shape index (κ1) is 22.9. The summed E-state index contributed by atoms with van der Waals surface area (Å²) in [6.45, 7) is 3.92. The highest BCUT2D eigenvalue weighted by Crippen LogP contribution is 2.29. The van der Waals surface area contributed by atoms with E-state index in [1.54, 1.807) is 24.3 Å². The van der Waals surface area contributed by atoms with Crippen LogP contribution in [0.4, 0.5) is 0 Å². The Morgan fingerprint density at radius 3 is 2.42 bits per heavy atom. The quantitative estimate of drug-likeness (QED) is 0.423. The molecule has 166 valence electrons. The van der Waals surface area contributed by atoms with E-state index in [2.05, 4.69) is 20.8 Å². The maximum Gasteiger partial charge on any atom is 0.284 e. The highest BCUT2D eigenvalue weighted by Gasteiger charge is 2.42. The van der Waals surface area contributed by atoms with Gasteiger partial charge in [-0.1, -0.05) is 51.3 Å². The molecule has 0 bridgehead atoms. The van der Waals surface area contributed by atoms with Crippen LogP contribution < -0.4 is 10.6 Å². The van der Waals surface area contributed by atoms with E-state index in [1.165, 1.54) is 0 Å². The predicted octanol–water partition coefficient (Wildman–Crippen LogP) is 3.58. The first-order valence-corrected chi connectivity index (χ1v) is 11.0. The smallest absolute Gasteiger partial charge is 0.284 e. The van der Waals surface area contributed by atoms with Crippen molar-refractivity contribution in [2.45, 2.75) is 64.0 Å². The zero-order valence-corrected chi connectivity index (χ0v) is 18.6. The van der Waals surface area contributed by atoms with Gasteiger partial charge in [0.15, 0.2) is 0 Å². The van der Waals surface area contributed by atoms with Crippen molar-refractivity contribution in [2.75, 3.05) is 0 Å². The van der Waals surface area contributed by atoms with Gasteiger partial charge in [0.2, 0.25) is 11.7 Å². The summed E-state index contributed by atoms with van der Waals surface area (Å²) in [5.41, 5.74) is -0.574. The van der Waals surface area contributed by atoms with E-state index in [-0.39, 0.29) is 28.5 Å². The number of aromatic amines is 1. The molecule has 1 heterocycles. The number of rotatable bonds is 8. The van der Waals surface area contributed by atoms with Gasteiger partial charge >= 0.3 is 0 Å². The number of benzene rings is 1. The minimum atomic E-state index is -1.06. The van der Waals surface area contributed by atoms with Crippen LogP contribution in [0, 0.1) is 10.8 Å². The van der Waals surface area contributed by atoms with Gasteiger partial charge in [-0.25, -0.2) is 5.10 Å². The fourth-order valence-corrected chi connectivity index (χ4v) is 4.05. The molecule has 1 saturated carbocycles. The minimum absolute atomic E-state index is 0.00292. The van der Waals surface area contributed by atoms with E-state index in [1.807, 2.05) is 19.9 Å². The first-order chi connectivity index (χ1) is 14.8. The van der Waals surface area contributed by atoms with Crippen molar-refractivity contribution < 1.29 is 18.8 Å². The molecule has 1 aliphatic rings. The monoisotopic (exact) mass is 444 g/mol. The molecule has 3 rings (SSSR count). The van der Waals surface area contributed by atoms with Crippen molar-refractivity contribution in [3.05, 3.63) is 46.6 Å². The van der Waals surface area contributed by atoms with Gasteiger partial charge in [0.25, 0.3) is 16.6 Å². The summed E-state index contributed by atoms with van der Waals surface area (Å²) in [5.74, 6) is -1.14. The third-order valence-electron chi connectivity index (χ3n) is 5.51. The maximum atomic E-state index is 13.5. The molecule has 1 fully saturated rings. The van der Waals surface area contributed by atoms with Crippen LogP contribution >= 0.6 is 12.2 Å². The van der Waals surface area contributed by atoms with Crippen molar-refractivity contribution >= 4 is 29.8 Å². The summed E-state index contributed by atoms with van der Waals surface area (Å²) in [6.07, 6.45) is 4.07. The summed E-state index contributed by atoms with van der Waals surface area (Å²) in [7, 11) is 0. The van der Waals surface area contributed by atoms with Gasteiger partial charge in [-0.2, -0.15) is 0 Å². The molecule has 0 spiro atoms. The zero-order valence-electron chi connectivity index (χ0n) is 17.8. The molecule has 1 aliphatic carbocycles. The number of aromatic nitrogens is 2. The van der Waals surface area contributed by atoms with Crippen molar-refractivity contribution in [3.8, 4) is 0 Å². The number of nitrogens with one attached hydrogen (secondary N) is 3. The highest BCUT2D eigenvalue weighted by atomic mass is 32.1. The third kappa shape index (κ3) is 5.66. The Morgan fingerprint density at radius 1 is 1.16 bits per heavy atom.